The summed E-state index contributed by atoms with van der Waals surface area (Å²) in [6, 6.07) is 12.1. The zero-order valence-corrected chi connectivity index (χ0v) is 11.8. The lowest BCUT2D eigenvalue weighted by Gasteiger charge is -2.13. The van der Waals surface area contributed by atoms with Crippen molar-refractivity contribution in [1.29, 1.82) is 0 Å². The van der Waals surface area contributed by atoms with Crippen LogP contribution in [0.4, 0.5) is 11.4 Å². The third-order valence-electron chi connectivity index (χ3n) is 2.98. The highest BCUT2D eigenvalue weighted by molar-refractivity contribution is 6.08. The fourth-order valence-corrected chi connectivity index (χ4v) is 1.90. The summed E-state index contributed by atoms with van der Waals surface area (Å²) in [6.07, 6.45) is 0. The van der Waals surface area contributed by atoms with Gasteiger partial charge in [0.2, 0.25) is 0 Å². The normalized spacial score (nSPS) is 9.86. The van der Waals surface area contributed by atoms with Crippen molar-refractivity contribution in [2.45, 2.75) is 0 Å². The Morgan fingerprint density at radius 3 is 2.48 bits per heavy atom. The van der Waals surface area contributed by atoms with E-state index in [0.29, 0.717) is 28.4 Å². The molecule has 1 amide bonds. The van der Waals surface area contributed by atoms with Crippen molar-refractivity contribution in [1.82, 2.24) is 0 Å². The number of hydrazine groups is 1. The number of hydrogen-bond acceptors (Lipinski definition) is 5. The molecule has 0 unspecified atom stereocenters. The molecule has 0 radical (unpaired) electrons. The van der Waals surface area contributed by atoms with E-state index in [2.05, 4.69) is 10.7 Å². The molecule has 6 nitrogen and oxygen atoms in total. The van der Waals surface area contributed by atoms with Crippen LogP contribution in [0.2, 0.25) is 0 Å². The van der Waals surface area contributed by atoms with Crippen molar-refractivity contribution in [3.8, 4) is 11.5 Å². The molecule has 6 heteroatoms. The van der Waals surface area contributed by atoms with Crippen molar-refractivity contribution in [3.05, 3.63) is 48.0 Å². The molecular weight excluding hydrogens is 270 g/mol. The zero-order chi connectivity index (χ0) is 15.2. The summed E-state index contributed by atoms with van der Waals surface area (Å²) in [6.45, 7) is 0. The first-order chi connectivity index (χ1) is 10.2. The average molecular weight is 287 g/mol. The molecule has 0 spiro atoms. The van der Waals surface area contributed by atoms with Gasteiger partial charge in [-0.3, -0.25) is 10.6 Å². The number of nitrogens with two attached hydrogens (primary N) is 1. The van der Waals surface area contributed by atoms with Crippen molar-refractivity contribution in [2.75, 3.05) is 25.0 Å². The number of anilines is 2. The van der Waals surface area contributed by atoms with Crippen LogP contribution in [0.3, 0.4) is 0 Å². The topological polar surface area (TPSA) is 85.6 Å². The molecule has 21 heavy (non-hydrogen) atoms. The monoisotopic (exact) mass is 287 g/mol. The van der Waals surface area contributed by atoms with Crippen LogP contribution < -0.4 is 26.1 Å². The van der Waals surface area contributed by atoms with Crippen LogP contribution in [0.15, 0.2) is 42.5 Å². The van der Waals surface area contributed by atoms with E-state index in [0.717, 1.165) is 0 Å². The molecule has 110 valence electrons. The van der Waals surface area contributed by atoms with Gasteiger partial charge >= 0.3 is 0 Å². The van der Waals surface area contributed by atoms with E-state index in [4.69, 9.17) is 15.3 Å². The Morgan fingerprint density at radius 2 is 1.81 bits per heavy atom. The smallest absolute Gasteiger partial charge is 0.257 e. The fourth-order valence-electron chi connectivity index (χ4n) is 1.90. The maximum Gasteiger partial charge on any atom is 0.257 e. The van der Waals surface area contributed by atoms with Crippen LogP contribution in [0.25, 0.3) is 0 Å². The number of hydrogen-bond donors (Lipinski definition) is 3. The van der Waals surface area contributed by atoms with Gasteiger partial charge in [0.05, 0.1) is 31.2 Å². The first-order valence-electron chi connectivity index (χ1n) is 6.28. The van der Waals surface area contributed by atoms with Gasteiger partial charge in [-0.1, -0.05) is 12.1 Å². The number of nitrogen functional groups attached to an aromatic ring is 1. The van der Waals surface area contributed by atoms with Gasteiger partial charge in [-0.05, 0) is 24.3 Å². The molecule has 0 saturated heterocycles. The van der Waals surface area contributed by atoms with Crippen LogP contribution in [0.1, 0.15) is 10.4 Å². The average Bonchev–Trinajstić information content (AvgIpc) is 2.55. The summed E-state index contributed by atoms with van der Waals surface area (Å²) >= 11 is 0. The Morgan fingerprint density at radius 1 is 1.05 bits per heavy atom. The molecule has 0 atom stereocenters. The Balaban J connectivity index is 2.27. The van der Waals surface area contributed by atoms with Gasteiger partial charge in [0.25, 0.3) is 5.91 Å². The molecule has 0 heterocycles. The molecule has 0 aromatic heterocycles. The van der Waals surface area contributed by atoms with Gasteiger partial charge in [-0.2, -0.15) is 0 Å². The molecule has 0 fully saturated rings. The van der Waals surface area contributed by atoms with Gasteiger partial charge in [0, 0.05) is 6.07 Å². The van der Waals surface area contributed by atoms with Crippen LogP contribution in [0.5, 0.6) is 11.5 Å². The lowest BCUT2D eigenvalue weighted by molar-refractivity contribution is 0.102. The quantitative estimate of drug-likeness (QED) is 0.580. The highest BCUT2D eigenvalue weighted by Gasteiger charge is 2.13. The van der Waals surface area contributed by atoms with Crippen LogP contribution in [-0.4, -0.2) is 20.1 Å². The third kappa shape index (κ3) is 3.24. The van der Waals surface area contributed by atoms with E-state index < -0.39 is 0 Å². The highest BCUT2D eigenvalue weighted by Crippen LogP contribution is 2.29. The zero-order valence-electron chi connectivity index (χ0n) is 11.8. The van der Waals surface area contributed by atoms with Gasteiger partial charge < -0.3 is 20.2 Å². The van der Waals surface area contributed by atoms with E-state index >= 15 is 0 Å². The molecule has 0 bridgehead atoms. The fraction of sp³-hybridized carbons (Fsp3) is 0.133. The van der Waals surface area contributed by atoms with E-state index in [1.807, 2.05) is 0 Å². The molecule has 0 aliphatic carbocycles. The SMILES string of the molecule is COc1ccc(NC(=O)c2ccccc2NN)c(OC)c1. The van der Waals surface area contributed by atoms with Gasteiger partial charge in [-0.25, -0.2) is 0 Å². The van der Waals surface area contributed by atoms with Crippen LogP contribution >= 0.6 is 0 Å². The second-order valence-electron chi connectivity index (χ2n) is 4.21. The lowest BCUT2D eigenvalue weighted by atomic mass is 10.1. The van der Waals surface area contributed by atoms with E-state index in [1.54, 1.807) is 49.6 Å². The molecule has 0 aliphatic heterocycles. The van der Waals surface area contributed by atoms with Crippen molar-refractivity contribution in [3.63, 3.8) is 0 Å². The molecular formula is C15H17N3O3. The number of rotatable bonds is 5. The minimum Gasteiger partial charge on any atom is -0.497 e. The van der Waals surface area contributed by atoms with Crippen LogP contribution in [0, 0.1) is 0 Å². The first kappa shape index (κ1) is 14.7. The first-order valence-corrected chi connectivity index (χ1v) is 6.28. The minimum absolute atomic E-state index is 0.285. The molecule has 0 saturated carbocycles. The summed E-state index contributed by atoms with van der Waals surface area (Å²) < 4.78 is 10.4. The van der Waals surface area contributed by atoms with Crippen LogP contribution in [-0.2, 0) is 0 Å². The second-order valence-corrected chi connectivity index (χ2v) is 4.21. The van der Waals surface area contributed by atoms with Crippen molar-refractivity contribution in [2.24, 2.45) is 5.84 Å². The summed E-state index contributed by atoms with van der Waals surface area (Å²) in [7, 11) is 3.09. The minimum atomic E-state index is -0.285. The van der Waals surface area contributed by atoms with E-state index in [1.165, 1.54) is 7.11 Å². The Kier molecular flexibility index (Phi) is 4.63. The number of nitrogens with one attached hydrogen (secondary N) is 2. The van der Waals surface area contributed by atoms with Gasteiger partial charge in [-0.15, -0.1) is 0 Å². The summed E-state index contributed by atoms with van der Waals surface area (Å²) in [5, 5.41) is 2.79. The molecule has 0 aliphatic rings. The highest BCUT2D eigenvalue weighted by atomic mass is 16.5. The molecule has 4 N–H and O–H groups in total. The number of carbonyl (C=O) groups is 1. The van der Waals surface area contributed by atoms with Gasteiger partial charge in [0.1, 0.15) is 11.5 Å². The number of carbonyl (C=O) groups excluding carboxylic acids is 1. The summed E-state index contributed by atoms with van der Waals surface area (Å²) in [4.78, 5) is 12.3. The Hall–Kier alpha value is -2.73. The maximum atomic E-state index is 12.3. The summed E-state index contributed by atoms with van der Waals surface area (Å²) in [5.74, 6) is 6.28. The van der Waals surface area contributed by atoms with E-state index in [9.17, 15) is 4.79 Å². The third-order valence-corrected chi connectivity index (χ3v) is 2.98. The number of amides is 1. The number of benzene rings is 2. The second kappa shape index (κ2) is 6.62. The number of para-hydroxylation sites is 1. The number of ether oxygens (including phenoxy) is 2. The lowest BCUT2D eigenvalue weighted by Crippen LogP contribution is -2.17. The summed E-state index contributed by atoms with van der Waals surface area (Å²) in [5.41, 5.74) is 4.03. The molecule has 2 rings (SSSR count). The number of methoxy groups -OCH3 is 2. The maximum absolute atomic E-state index is 12.3. The predicted molar refractivity (Wildman–Crippen MR) is 81.8 cm³/mol. The molecule has 2 aromatic carbocycles. The van der Waals surface area contributed by atoms with Gasteiger partial charge in [0.15, 0.2) is 0 Å². The predicted octanol–water partition coefficient (Wildman–Crippen LogP) is 2.24. The van der Waals surface area contributed by atoms with Crippen molar-refractivity contribution >= 4 is 17.3 Å². The van der Waals surface area contributed by atoms with E-state index in [-0.39, 0.29) is 5.91 Å². The Labute approximate surface area is 122 Å². The Bertz CT molecular complexity index is 644. The standard InChI is InChI=1S/C15H17N3O3/c1-20-10-7-8-13(14(9-10)21-2)17-15(19)11-5-3-4-6-12(11)18-16/h3-9,18H,16H2,1-2H3,(H,17,19). The van der Waals surface area contributed by atoms with Crippen molar-refractivity contribution < 1.29 is 14.3 Å². The molecule has 2 aromatic rings. The largest absolute Gasteiger partial charge is 0.497 e.